The summed E-state index contributed by atoms with van der Waals surface area (Å²) in [4.78, 5) is 32.0. The Morgan fingerprint density at radius 1 is 0.889 bits per heavy atom. The first-order valence-corrected chi connectivity index (χ1v) is 13.6. The summed E-state index contributed by atoms with van der Waals surface area (Å²) in [7, 11) is 0. The second kappa shape index (κ2) is 9.47. The van der Waals surface area contributed by atoms with Gasteiger partial charge in [-0.15, -0.1) is 0 Å². The number of likely N-dealkylation sites (N-methyl/N-ethyl adjacent to an activating group) is 2. The minimum Gasteiger partial charge on any atom is -0.338 e. The van der Waals surface area contributed by atoms with Gasteiger partial charge in [0.1, 0.15) is 5.57 Å². The molecule has 2 fully saturated rings. The van der Waals surface area contributed by atoms with Gasteiger partial charge in [0.2, 0.25) is 0 Å². The van der Waals surface area contributed by atoms with Crippen molar-refractivity contribution in [3.05, 3.63) is 64.7 Å². The van der Waals surface area contributed by atoms with Gasteiger partial charge >= 0.3 is 0 Å². The van der Waals surface area contributed by atoms with Gasteiger partial charge in [0.25, 0.3) is 11.8 Å². The van der Waals surface area contributed by atoms with Gasteiger partial charge in [-0.05, 0) is 79.9 Å². The van der Waals surface area contributed by atoms with Gasteiger partial charge in [0.05, 0.1) is 0 Å². The predicted octanol–water partition coefficient (Wildman–Crippen LogP) is 6.18. The minimum atomic E-state index is -0.316. The number of thiocarbonyl (C=S) groups is 1. The summed E-state index contributed by atoms with van der Waals surface area (Å²) < 4.78 is 0. The number of anilines is 2. The topological polar surface area (TPSA) is 43.9 Å². The monoisotopic (exact) mass is 501 g/mol. The molecule has 2 aromatic carbocycles. The fourth-order valence-electron chi connectivity index (χ4n) is 6.12. The Bertz CT molecular complexity index is 1230. The molecular weight excluding hydrogens is 466 g/mol. The highest BCUT2D eigenvalue weighted by molar-refractivity contribution is 7.80. The van der Waals surface area contributed by atoms with Crippen LogP contribution in [-0.4, -0.2) is 45.9 Å². The van der Waals surface area contributed by atoms with Crippen molar-refractivity contribution in [2.75, 3.05) is 18.0 Å². The van der Waals surface area contributed by atoms with E-state index >= 15 is 0 Å². The molecule has 2 aromatic rings. The van der Waals surface area contributed by atoms with Crippen LogP contribution in [0.25, 0.3) is 6.08 Å². The van der Waals surface area contributed by atoms with E-state index in [1.165, 1.54) is 64.4 Å². The summed E-state index contributed by atoms with van der Waals surface area (Å²) in [5.41, 5.74) is 5.91. The summed E-state index contributed by atoms with van der Waals surface area (Å²) >= 11 is 5.42. The molecule has 0 unspecified atom stereocenters. The fourth-order valence-corrected chi connectivity index (χ4v) is 6.55. The molecule has 5 nitrogen and oxygen atoms in total. The van der Waals surface area contributed by atoms with Crippen LogP contribution in [0.15, 0.2) is 48.0 Å². The summed E-state index contributed by atoms with van der Waals surface area (Å²) in [6.07, 6.45) is 7.98. The Balaban J connectivity index is 1.62. The highest BCUT2D eigenvalue weighted by Crippen LogP contribution is 2.51. The number of para-hydroxylation sites is 1. The first kappa shape index (κ1) is 24.7. The number of nitrogens with zero attached hydrogens (tertiary/aromatic N) is 3. The lowest BCUT2D eigenvalue weighted by atomic mass is 9.72. The molecule has 6 heteroatoms. The van der Waals surface area contributed by atoms with Gasteiger partial charge in [-0.3, -0.25) is 19.4 Å². The van der Waals surface area contributed by atoms with E-state index in [-0.39, 0.29) is 22.8 Å². The van der Waals surface area contributed by atoms with Gasteiger partial charge < -0.3 is 4.90 Å². The second-order valence-electron chi connectivity index (χ2n) is 10.5. The first-order chi connectivity index (χ1) is 17.3. The molecule has 188 valence electrons. The molecule has 0 spiro atoms. The van der Waals surface area contributed by atoms with Crippen LogP contribution in [-0.2, 0) is 15.0 Å². The molecule has 0 N–H and O–H groups in total. The zero-order valence-corrected chi connectivity index (χ0v) is 22.5. The molecule has 1 saturated carbocycles. The lowest BCUT2D eigenvalue weighted by molar-refractivity contribution is -0.133. The van der Waals surface area contributed by atoms with Crippen LogP contribution in [0.1, 0.15) is 76.5 Å². The van der Waals surface area contributed by atoms with E-state index in [4.69, 9.17) is 12.2 Å². The summed E-state index contributed by atoms with van der Waals surface area (Å²) in [5.74, 6) is -0.633. The Hall–Kier alpha value is -2.99. The Morgan fingerprint density at radius 3 is 2.14 bits per heavy atom. The Labute approximate surface area is 219 Å². The molecule has 1 aliphatic carbocycles. The number of carbonyl (C=O) groups is 2. The van der Waals surface area contributed by atoms with Crippen LogP contribution in [0, 0.1) is 0 Å². The normalized spacial score (nSPS) is 19.9. The highest BCUT2D eigenvalue weighted by atomic mass is 32.1. The van der Waals surface area contributed by atoms with Crippen molar-refractivity contribution in [3.8, 4) is 0 Å². The van der Waals surface area contributed by atoms with Crippen LogP contribution < -0.4 is 4.90 Å². The van der Waals surface area contributed by atoms with Crippen LogP contribution in [0.4, 0.5) is 11.4 Å². The molecule has 2 amide bonds. The lowest BCUT2D eigenvalue weighted by Gasteiger charge is -2.46. The van der Waals surface area contributed by atoms with Gasteiger partial charge in [-0.1, -0.05) is 57.4 Å². The zero-order valence-electron chi connectivity index (χ0n) is 21.7. The smallest absolute Gasteiger partial charge is 0.265 e. The lowest BCUT2D eigenvalue weighted by Crippen LogP contribution is -2.55. The molecule has 1 saturated heterocycles. The van der Waals surface area contributed by atoms with Gasteiger partial charge in [-0.25, -0.2) is 0 Å². The summed E-state index contributed by atoms with van der Waals surface area (Å²) in [6.45, 7) is 9.17. The predicted molar refractivity (Wildman–Crippen MR) is 149 cm³/mol. The maximum Gasteiger partial charge on any atom is 0.265 e. The molecule has 0 atom stereocenters. The number of benzene rings is 2. The van der Waals surface area contributed by atoms with E-state index in [1.807, 2.05) is 19.9 Å². The number of hydrogen-bond acceptors (Lipinski definition) is 4. The van der Waals surface area contributed by atoms with Crippen LogP contribution in [0.5, 0.6) is 0 Å². The van der Waals surface area contributed by atoms with E-state index in [2.05, 4.69) is 55.1 Å². The average Bonchev–Trinajstić information content (AvgIpc) is 2.88. The SMILES string of the molecule is CCN1C(=O)C(=Cc2ccc3c(c2)C(C)(C)c2ccccc2N3C2CCCCC2)C(=O)N(CC)C1=S. The minimum absolute atomic E-state index is 0.172. The quantitative estimate of drug-likeness (QED) is 0.285. The first-order valence-electron chi connectivity index (χ1n) is 13.2. The molecule has 36 heavy (non-hydrogen) atoms. The standard InChI is InChI=1S/C30H35N3O2S/c1-5-31-27(34)22(28(35)32(6-2)29(31)36)18-20-16-17-26-24(19-20)30(3,4)23-14-10-11-15-25(23)33(26)21-12-8-7-9-13-21/h10-11,14-19,21H,5-9,12-13H2,1-4H3. The van der Waals surface area contributed by atoms with Gasteiger partial charge in [-0.2, -0.15) is 0 Å². The van der Waals surface area contributed by atoms with E-state index in [9.17, 15) is 9.59 Å². The van der Waals surface area contributed by atoms with Crippen molar-refractivity contribution in [1.82, 2.24) is 9.80 Å². The third-order valence-electron chi connectivity index (χ3n) is 8.09. The average molecular weight is 502 g/mol. The molecule has 5 rings (SSSR count). The number of rotatable bonds is 4. The van der Waals surface area contributed by atoms with Crippen molar-refractivity contribution in [3.63, 3.8) is 0 Å². The molecule has 0 bridgehead atoms. The largest absolute Gasteiger partial charge is 0.338 e. The van der Waals surface area contributed by atoms with Crippen molar-refractivity contribution in [2.24, 2.45) is 0 Å². The number of carbonyl (C=O) groups excluding carboxylic acids is 2. The third kappa shape index (κ3) is 3.86. The summed E-state index contributed by atoms with van der Waals surface area (Å²) in [6, 6.07) is 15.6. The maximum atomic E-state index is 13.2. The maximum absolute atomic E-state index is 13.2. The molecule has 2 heterocycles. The molecule has 3 aliphatic rings. The van der Waals surface area contributed by atoms with Crippen molar-refractivity contribution >= 4 is 46.6 Å². The van der Waals surface area contributed by atoms with Gasteiger partial charge in [0.15, 0.2) is 5.11 Å². The number of hydrogen-bond donors (Lipinski definition) is 0. The fraction of sp³-hybridized carbons (Fsp3) is 0.433. The van der Waals surface area contributed by atoms with Crippen molar-refractivity contribution in [2.45, 2.75) is 71.3 Å². The molecular formula is C30H35N3O2S. The van der Waals surface area contributed by atoms with Crippen LogP contribution >= 0.6 is 12.2 Å². The van der Waals surface area contributed by atoms with Crippen LogP contribution in [0.2, 0.25) is 0 Å². The molecule has 2 aliphatic heterocycles. The van der Waals surface area contributed by atoms with Crippen molar-refractivity contribution in [1.29, 1.82) is 0 Å². The highest BCUT2D eigenvalue weighted by Gasteiger charge is 2.40. The van der Waals surface area contributed by atoms with E-state index in [0.29, 0.717) is 24.2 Å². The Kier molecular flexibility index (Phi) is 6.50. The van der Waals surface area contributed by atoms with Crippen LogP contribution in [0.3, 0.4) is 0 Å². The molecule has 0 radical (unpaired) electrons. The van der Waals surface area contributed by atoms with E-state index < -0.39 is 0 Å². The second-order valence-corrected chi connectivity index (χ2v) is 10.9. The summed E-state index contributed by atoms with van der Waals surface area (Å²) in [5, 5.41) is 0.290. The van der Waals surface area contributed by atoms with E-state index in [0.717, 1.165) is 5.56 Å². The van der Waals surface area contributed by atoms with Crippen molar-refractivity contribution < 1.29 is 9.59 Å². The number of amides is 2. The zero-order chi connectivity index (χ0) is 25.6. The van der Waals surface area contributed by atoms with Gasteiger partial charge in [0, 0.05) is 35.9 Å². The molecule has 0 aromatic heterocycles. The van der Waals surface area contributed by atoms with E-state index in [1.54, 1.807) is 6.08 Å². The number of fused-ring (bicyclic) bond motifs is 2. The third-order valence-corrected chi connectivity index (χ3v) is 8.53. The Morgan fingerprint density at radius 2 is 1.50 bits per heavy atom.